The standard InChI is InChI=1S/C14H18FN3/c1-17-7-5-12(6-8-17)18(2)13-4-3-11(10-16)14(15)9-13/h3-4,9,12H,5-8H2,1-2H3. The zero-order chi connectivity index (χ0) is 13.1. The molecule has 1 aliphatic heterocycles. The molecule has 1 aromatic rings. The molecule has 0 aromatic heterocycles. The Kier molecular flexibility index (Phi) is 3.83. The summed E-state index contributed by atoms with van der Waals surface area (Å²) in [6, 6.07) is 7.13. The van der Waals surface area contributed by atoms with Crippen molar-refractivity contribution < 1.29 is 4.39 Å². The summed E-state index contributed by atoms with van der Waals surface area (Å²) >= 11 is 0. The number of nitrogens with zero attached hydrogens (tertiary/aromatic N) is 3. The van der Waals surface area contributed by atoms with Crippen molar-refractivity contribution in [2.24, 2.45) is 0 Å². The van der Waals surface area contributed by atoms with Gasteiger partial charge in [0.2, 0.25) is 0 Å². The Morgan fingerprint density at radius 2 is 2.06 bits per heavy atom. The summed E-state index contributed by atoms with van der Waals surface area (Å²) in [6.07, 6.45) is 2.18. The lowest BCUT2D eigenvalue weighted by Gasteiger charge is -2.36. The van der Waals surface area contributed by atoms with Gasteiger partial charge in [-0.25, -0.2) is 4.39 Å². The second kappa shape index (κ2) is 5.36. The van der Waals surface area contributed by atoms with Gasteiger partial charge in [0.15, 0.2) is 0 Å². The van der Waals surface area contributed by atoms with Crippen molar-refractivity contribution >= 4 is 5.69 Å². The maximum absolute atomic E-state index is 13.6. The van der Waals surface area contributed by atoms with Crippen LogP contribution < -0.4 is 4.90 Å². The normalized spacial score (nSPS) is 17.4. The van der Waals surface area contributed by atoms with Crippen molar-refractivity contribution in [3.05, 3.63) is 29.6 Å². The first-order chi connectivity index (χ1) is 8.61. The SMILES string of the molecule is CN1CCC(N(C)c2ccc(C#N)c(F)c2)CC1. The van der Waals surface area contributed by atoms with Gasteiger partial charge in [0.05, 0.1) is 5.56 Å². The van der Waals surface area contributed by atoms with Crippen molar-refractivity contribution in [2.75, 3.05) is 32.1 Å². The molecular formula is C14H18FN3. The van der Waals surface area contributed by atoms with Crippen LogP contribution in [0, 0.1) is 17.1 Å². The highest BCUT2D eigenvalue weighted by Gasteiger charge is 2.21. The summed E-state index contributed by atoms with van der Waals surface area (Å²) in [5.74, 6) is -0.435. The third-order valence-electron chi connectivity index (χ3n) is 3.72. The van der Waals surface area contributed by atoms with E-state index >= 15 is 0 Å². The van der Waals surface area contributed by atoms with E-state index in [1.54, 1.807) is 6.07 Å². The summed E-state index contributed by atoms with van der Waals surface area (Å²) in [7, 11) is 4.12. The quantitative estimate of drug-likeness (QED) is 0.803. The highest BCUT2D eigenvalue weighted by Crippen LogP contribution is 2.23. The minimum Gasteiger partial charge on any atom is -0.371 e. The molecule has 4 heteroatoms. The molecule has 18 heavy (non-hydrogen) atoms. The summed E-state index contributed by atoms with van der Waals surface area (Å²) in [5.41, 5.74) is 0.955. The highest BCUT2D eigenvalue weighted by molar-refractivity contribution is 5.50. The number of rotatable bonds is 2. The zero-order valence-electron chi connectivity index (χ0n) is 10.9. The Morgan fingerprint density at radius 1 is 1.39 bits per heavy atom. The predicted molar refractivity (Wildman–Crippen MR) is 70.0 cm³/mol. The first-order valence-electron chi connectivity index (χ1n) is 6.23. The lowest BCUT2D eigenvalue weighted by atomic mass is 10.0. The van der Waals surface area contributed by atoms with Crippen molar-refractivity contribution in [1.82, 2.24) is 4.90 Å². The van der Waals surface area contributed by atoms with Crippen LogP contribution in [0.15, 0.2) is 18.2 Å². The monoisotopic (exact) mass is 247 g/mol. The molecule has 0 bridgehead atoms. The van der Waals surface area contributed by atoms with E-state index in [0.29, 0.717) is 6.04 Å². The van der Waals surface area contributed by atoms with E-state index in [9.17, 15) is 4.39 Å². The molecule has 0 saturated carbocycles. The minimum atomic E-state index is -0.435. The molecule has 1 aromatic carbocycles. The molecule has 0 radical (unpaired) electrons. The van der Waals surface area contributed by atoms with Gasteiger partial charge >= 0.3 is 0 Å². The van der Waals surface area contributed by atoms with E-state index in [1.165, 1.54) is 6.07 Å². The molecule has 0 amide bonds. The van der Waals surface area contributed by atoms with Gasteiger partial charge in [0, 0.05) is 18.8 Å². The molecule has 2 rings (SSSR count). The molecule has 0 unspecified atom stereocenters. The zero-order valence-corrected chi connectivity index (χ0v) is 10.9. The van der Waals surface area contributed by atoms with Crippen LogP contribution >= 0.6 is 0 Å². The van der Waals surface area contributed by atoms with Crippen LogP contribution in [-0.4, -0.2) is 38.1 Å². The second-order valence-corrected chi connectivity index (χ2v) is 4.92. The van der Waals surface area contributed by atoms with Gasteiger partial charge in [-0.15, -0.1) is 0 Å². The number of benzene rings is 1. The van der Waals surface area contributed by atoms with E-state index < -0.39 is 5.82 Å². The van der Waals surface area contributed by atoms with Gasteiger partial charge in [0.25, 0.3) is 0 Å². The van der Waals surface area contributed by atoms with E-state index in [2.05, 4.69) is 16.8 Å². The number of piperidine rings is 1. The number of anilines is 1. The Morgan fingerprint density at radius 3 is 2.61 bits per heavy atom. The lowest BCUT2D eigenvalue weighted by molar-refractivity contribution is 0.253. The van der Waals surface area contributed by atoms with Crippen molar-refractivity contribution in [1.29, 1.82) is 5.26 Å². The van der Waals surface area contributed by atoms with Crippen LogP contribution in [0.25, 0.3) is 0 Å². The van der Waals surface area contributed by atoms with Gasteiger partial charge in [-0.05, 0) is 51.2 Å². The summed E-state index contributed by atoms with van der Waals surface area (Å²) in [5, 5.41) is 8.72. The van der Waals surface area contributed by atoms with Crippen LogP contribution in [0.4, 0.5) is 10.1 Å². The van der Waals surface area contributed by atoms with Crippen LogP contribution in [0.5, 0.6) is 0 Å². The molecule has 0 aliphatic carbocycles. The Bertz CT molecular complexity index is 459. The van der Waals surface area contributed by atoms with Crippen molar-refractivity contribution in [2.45, 2.75) is 18.9 Å². The van der Waals surface area contributed by atoms with E-state index in [1.807, 2.05) is 19.2 Å². The third kappa shape index (κ3) is 2.62. The minimum absolute atomic E-state index is 0.107. The van der Waals surface area contributed by atoms with Crippen LogP contribution in [0.3, 0.4) is 0 Å². The number of hydrogen-bond donors (Lipinski definition) is 0. The van der Waals surface area contributed by atoms with Crippen LogP contribution in [0.1, 0.15) is 18.4 Å². The fourth-order valence-electron chi connectivity index (χ4n) is 2.41. The number of halogens is 1. The third-order valence-corrected chi connectivity index (χ3v) is 3.72. The number of nitriles is 1. The maximum Gasteiger partial charge on any atom is 0.143 e. The average molecular weight is 247 g/mol. The fourth-order valence-corrected chi connectivity index (χ4v) is 2.41. The molecule has 0 spiro atoms. The molecule has 3 nitrogen and oxygen atoms in total. The first kappa shape index (κ1) is 12.8. The molecular weight excluding hydrogens is 229 g/mol. The topological polar surface area (TPSA) is 30.3 Å². The van der Waals surface area contributed by atoms with Crippen LogP contribution in [-0.2, 0) is 0 Å². The Labute approximate surface area is 107 Å². The first-order valence-corrected chi connectivity index (χ1v) is 6.23. The summed E-state index contributed by atoms with van der Waals surface area (Å²) in [6.45, 7) is 2.15. The highest BCUT2D eigenvalue weighted by atomic mass is 19.1. The summed E-state index contributed by atoms with van der Waals surface area (Å²) in [4.78, 5) is 4.43. The largest absolute Gasteiger partial charge is 0.371 e. The Balaban J connectivity index is 2.11. The number of hydrogen-bond acceptors (Lipinski definition) is 3. The second-order valence-electron chi connectivity index (χ2n) is 4.92. The smallest absolute Gasteiger partial charge is 0.143 e. The molecule has 96 valence electrons. The van der Waals surface area contributed by atoms with E-state index in [4.69, 9.17) is 5.26 Å². The van der Waals surface area contributed by atoms with Gasteiger partial charge in [-0.2, -0.15) is 5.26 Å². The maximum atomic E-state index is 13.6. The Hall–Kier alpha value is -1.60. The lowest BCUT2D eigenvalue weighted by Crippen LogP contribution is -2.42. The molecule has 1 heterocycles. The molecule has 1 aliphatic rings. The molecule has 0 N–H and O–H groups in total. The van der Waals surface area contributed by atoms with Crippen LogP contribution in [0.2, 0.25) is 0 Å². The summed E-state index contributed by atoms with van der Waals surface area (Å²) < 4.78 is 13.6. The van der Waals surface area contributed by atoms with Crippen molar-refractivity contribution in [3.63, 3.8) is 0 Å². The average Bonchev–Trinajstić information content (AvgIpc) is 2.38. The molecule has 1 fully saturated rings. The van der Waals surface area contributed by atoms with Crippen molar-refractivity contribution in [3.8, 4) is 6.07 Å². The predicted octanol–water partition coefficient (Wildman–Crippen LogP) is 2.23. The van der Waals surface area contributed by atoms with Gasteiger partial charge < -0.3 is 9.80 Å². The van der Waals surface area contributed by atoms with Gasteiger partial charge in [-0.3, -0.25) is 0 Å². The number of likely N-dealkylation sites (tertiary alicyclic amines) is 1. The molecule has 0 atom stereocenters. The van der Waals surface area contributed by atoms with E-state index in [0.717, 1.165) is 31.6 Å². The van der Waals surface area contributed by atoms with Gasteiger partial charge in [-0.1, -0.05) is 0 Å². The van der Waals surface area contributed by atoms with E-state index in [-0.39, 0.29) is 5.56 Å². The van der Waals surface area contributed by atoms with Gasteiger partial charge in [0.1, 0.15) is 11.9 Å². The molecule has 1 saturated heterocycles. The fraction of sp³-hybridized carbons (Fsp3) is 0.500.